The second-order valence-electron chi connectivity index (χ2n) is 4.53. The summed E-state index contributed by atoms with van der Waals surface area (Å²) in [5.41, 5.74) is 0. The van der Waals surface area contributed by atoms with Crippen molar-refractivity contribution in [3.8, 4) is 5.75 Å². The third kappa shape index (κ3) is 5.52. The van der Waals surface area contributed by atoms with Crippen LogP contribution in [0.5, 0.6) is 5.75 Å². The van der Waals surface area contributed by atoms with Gasteiger partial charge in [-0.2, -0.15) is 0 Å². The molecule has 2 aromatic rings. The van der Waals surface area contributed by atoms with Crippen LogP contribution in [0.15, 0.2) is 65.6 Å². The quantitative estimate of drug-likeness (QED) is 0.629. The Bertz CT molecular complexity index is 545. The molecule has 1 N–H and O–H groups in total. The second-order valence-corrected chi connectivity index (χ2v) is 5.94. The van der Waals surface area contributed by atoms with E-state index in [4.69, 9.17) is 4.74 Å². The van der Waals surface area contributed by atoms with Gasteiger partial charge < -0.3 is 10.1 Å². The number of benzene rings is 2. The van der Waals surface area contributed by atoms with Gasteiger partial charge >= 0.3 is 0 Å². The van der Waals surface area contributed by atoms with E-state index in [0.29, 0.717) is 13.2 Å². The Balaban J connectivity index is 1.67. The van der Waals surface area contributed by atoms with E-state index in [0.717, 1.165) is 10.6 Å². The Kier molecular flexibility index (Phi) is 6.16. The molecule has 0 aliphatic heterocycles. The van der Waals surface area contributed by atoms with Gasteiger partial charge in [0.05, 0.1) is 11.8 Å². The van der Waals surface area contributed by atoms with E-state index in [1.165, 1.54) is 0 Å². The lowest BCUT2D eigenvalue weighted by Crippen LogP contribution is -2.33. The van der Waals surface area contributed by atoms with Crippen LogP contribution in [0.25, 0.3) is 0 Å². The highest BCUT2D eigenvalue weighted by molar-refractivity contribution is 8.00. The van der Waals surface area contributed by atoms with E-state index in [1.807, 2.05) is 67.6 Å². The molecule has 0 fully saturated rings. The van der Waals surface area contributed by atoms with E-state index in [9.17, 15) is 4.79 Å². The number of amides is 1. The minimum absolute atomic E-state index is 0.0283. The Hall–Kier alpha value is -1.94. The van der Waals surface area contributed by atoms with Gasteiger partial charge in [-0.25, -0.2) is 0 Å². The zero-order valence-corrected chi connectivity index (χ0v) is 12.8. The van der Waals surface area contributed by atoms with Gasteiger partial charge in [0.2, 0.25) is 5.91 Å². The first kappa shape index (κ1) is 15.4. The standard InChI is InChI=1S/C17H19NO2S/c1-14(21-16-10-6-3-7-11-16)17(19)18-12-13-20-15-8-4-2-5-9-15/h2-11,14H,12-13H2,1H3,(H,18,19). The first-order valence-electron chi connectivity index (χ1n) is 6.93. The molecule has 0 saturated carbocycles. The number of hydrogen-bond acceptors (Lipinski definition) is 3. The average Bonchev–Trinajstić information content (AvgIpc) is 2.53. The molecule has 3 nitrogen and oxygen atoms in total. The molecule has 0 spiro atoms. The summed E-state index contributed by atoms with van der Waals surface area (Å²) >= 11 is 1.55. The maximum Gasteiger partial charge on any atom is 0.233 e. The fraction of sp³-hybridized carbons (Fsp3) is 0.235. The zero-order valence-electron chi connectivity index (χ0n) is 12.0. The molecule has 1 atom stereocenters. The first-order valence-corrected chi connectivity index (χ1v) is 7.81. The van der Waals surface area contributed by atoms with Crippen LogP contribution in [-0.4, -0.2) is 24.3 Å². The van der Waals surface area contributed by atoms with Gasteiger partial charge in [0.15, 0.2) is 0 Å². The SMILES string of the molecule is CC(Sc1ccccc1)C(=O)NCCOc1ccccc1. The Morgan fingerprint density at radius 3 is 2.38 bits per heavy atom. The monoisotopic (exact) mass is 301 g/mol. The van der Waals surface area contributed by atoms with Crippen LogP contribution in [0.4, 0.5) is 0 Å². The van der Waals surface area contributed by atoms with Crippen LogP contribution >= 0.6 is 11.8 Å². The highest BCUT2D eigenvalue weighted by Gasteiger charge is 2.13. The van der Waals surface area contributed by atoms with Crippen molar-refractivity contribution in [3.63, 3.8) is 0 Å². The minimum Gasteiger partial charge on any atom is -0.492 e. The molecule has 0 aromatic heterocycles. The van der Waals surface area contributed by atoms with Crippen molar-refractivity contribution in [2.45, 2.75) is 17.1 Å². The molecule has 2 rings (SSSR count). The molecule has 0 heterocycles. The molecule has 0 aliphatic carbocycles. The van der Waals surface area contributed by atoms with Crippen molar-refractivity contribution in [3.05, 3.63) is 60.7 Å². The molecule has 0 saturated heterocycles. The van der Waals surface area contributed by atoms with Crippen molar-refractivity contribution in [1.29, 1.82) is 0 Å². The van der Waals surface area contributed by atoms with E-state index in [-0.39, 0.29) is 11.2 Å². The summed E-state index contributed by atoms with van der Waals surface area (Å²) in [6.45, 7) is 2.89. The number of carbonyl (C=O) groups is 1. The molecule has 110 valence electrons. The molecular weight excluding hydrogens is 282 g/mol. The zero-order chi connectivity index (χ0) is 14.9. The number of thioether (sulfide) groups is 1. The van der Waals surface area contributed by atoms with E-state index >= 15 is 0 Å². The Morgan fingerprint density at radius 2 is 1.71 bits per heavy atom. The van der Waals surface area contributed by atoms with Crippen molar-refractivity contribution >= 4 is 17.7 Å². The average molecular weight is 301 g/mol. The maximum atomic E-state index is 12.0. The summed E-state index contributed by atoms with van der Waals surface area (Å²) < 4.78 is 5.53. The molecule has 0 aliphatic rings. The van der Waals surface area contributed by atoms with E-state index in [1.54, 1.807) is 11.8 Å². The second kappa shape index (κ2) is 8.37. The molecular formula is C17H19NO2S. The Morgan fingerprint density at radius 1 is 1.10 bits per heavy atom. The van der Waals surface area contributed by atoms with Crippen LogP contribution in [0.2, 0.25) is 0 Å². The molecule has 2 aromatic carbocycles. The lowest BCUT2D eigenvalue weighted by Gasteiger charge is -2.12. The van der Waals surface area contributed by atoms with Crippen molar-refractivity contribution in [1.82, 2.24) is 5.32 Å². The fourth-order valence-corrected chi connectivity index (χ4v) is 2.67. The molecule has 4 heteroatoms. The largest absolute Gasteiger partial charge is 0.492 e. The topological polar surface area (TPSA) is 38.3 Å². The number of carbonyl (C=O) groups excluding carboxylic acids is 1. The molecule has 0 bridgehead atoms. The normalized spacial score (nSPS) is 11.7. The van der Waals surface area contributed by atoms with Crippen molar-refractivity contribution < 1.29 is 9.53 Å². The van der Waals surface area contributed by atoms with Crippen LogP contribution in [0.3, 0.4) is 0 Å². The predicted molar refractivity (Wildman–Crippen MR) is 86.7 cm³/mol. The number of para-hydroxylation sites is 1. The van der Waals surface area contributed by atoms with Crippen LogP contribution in [0, 0.1) is 0 Å². The number of ether oxygens (including phenoxy) is 1. The molecule has 21 heavy (non-hydrogen) atoms. The highest BCUT2D eigenvalue weighted by Crippen LogP contribution is 2.22. The lowest BCUT2D eigenvalue weighted by atomic mass is 10.3. The lowest BCUT2D eigenvalue weighted by molar-refractivity contribution is -0.120. The summed E-state index contributed by atoms with van der Waals surface area (Å²) in [5, 5.41) is 2.77. The fourth-order valence-electron chi connectivity index (χ4n) is 1.76. The van der Waals surface area contributed by atoms with E-state index in [2.05, 4.69) is 5.32 Å². The smallest absolute Gasteiger partial charge is 0.233 e. The van der Waals surface area contributed by atoms with Gasteiger partial charge in [0, 0.05) is 4.90 Å². The van der Waals surface area contributed by atoms with Crippen molar-refractivity contribution in [2.24, 2.45) is 0 Å². The number of hydrogen-bond donors (Lipinski definition) is 1. The first-order chi connectivity index (χ1) is 10.3. The summed E-state index contributed by atoms with van der Waals surface area (Å²) in [6.07, 6.45) is 0. The van der Waals surface area contributed by atoms with E-state index < -0.39 is 0 Å². The Labute approximate surface area is 129 Å². The summed E-state index contributed by atoms with van der Waals surface area (Å²) in [4.78, 5) is 13.1. The van der Waals surface area contributed by atoms with Gasteiger partial charge in [-0.15, -0.1) is 11.8 Å². The van der Waals surface area contributed by atoms with Crippen molar-refractivity contribution in [2.75, 3.05) is 13.2 Å². The molecule has 1 amide bonds. The van der Waals surface area contributed by atoms with Gasteiger partial charge in [-0.1, -0.05) is 36.4 Å². The van der Waals surface area contributed by atoms with Gasteiger partial charge in [0.25, 0.3) is 0 Å². The minimum atomic E-state index is -0.121. The predicted octanol–water partition coefficient (Wildman–Crippen LogP) is 3.36. The number of nitrogens with one attached hydrogen (secondary N) is 1. The van der Waals surface area contributed by atoms with Crippen LogP contribution in [0.1, 0.15) is 6.92 Å². The third-order valence-corrected chi connectivity index (χ3v) is 3.95. The third-order valence-electron chi connectivity index (χ3n) is 2.84. The van der Waals surface area contributed by atoms with Crippen LogP contribution in [-0.2, 0) is 4.79 Å². The van der Waals surface area contributed by atoms with Gasteiger partial charge in [0.1, 0.15) is 12.4 Å². The summed E-state index contributed by atoms with van der Waals surface area (Å²) in [6, 6.07) is 19.5. The van der Waals surface area contributed by atoms with Gasteiger partial charge in [-0.05, 0) is 31.2 Å². The number of rotatable bonds is 7. The molecule has 0 radical (unpaired) electrons. The van der Waals surface area contributed by atoms with Gasteiger partial charge in [-0.3, -0.25) is 4.79 Å². The highest BCUT2D eigenvalue weighted by atomic mass is 32.2. The van der Waals surface area contributed by atoms with Crippen LogP contribution < -0.4 is 10.1 Å². The molecule has 1 unspecified atom stereocenters. The summed E-state index contributed by atoms with van der Waals surface area (Å²) in [5.74, 6) is 0.846. The maximum absolute atomic E-state index is 12.0. The summed E-state index contributed by atoms with van der Waals surface area (Å²) in [7, 11) is 0.